The average molecular weight is 484 g/mol. The number of ether oxygens (including phenoxy) is 3. The first-order valence-electron chi connectivity index (χ1n) is 9.07. The molecule has 0 saturated carbocycles. The van der Waals surface area contributed by atoms with Crippen molar-refractivity contribution in [3.05, 3.63) is 56.9 Å². The molecular weight excluding hydrogens is 465 g/mol. The Morgan fingerprint density at radius 3 is 2.50 bits per heavy atom. The van der Waals surface area contributed by atoms with Gasteiger partial charge in [-0.1, -0.05) is 59.3 Å². The van der Waals surface area contributed by atoms with E-state index in [4.69, 9.17) is 49.6 Å². The van der Waals surface area contributed by atoms with E-state index in [9.17, 15) is 4.79 Å². The molecule has 1 amide bonds. The number of likely N-dealkylation sites (N-methyl/N-ethyl adjacent to an activating group) is 1. The molecule has 0 atom stereocenters. The summed E-state index contributed by atoms with van der Waals surface area (Å²) < 4.78 is 17.4. The molecule has 1 heterocycles. The summed E-state index contributed by atoms with van der Waals surface area (Å²) in [4.78, 5) is 14.6. The molecule has 5 nitrogen and oxygen atoms in total. The summed E-state index contributed by atoms with van der Waals surface area (Å²) in [6.07, 6.45) is 1.70. The largest absolute Gasteiger partial charge is 0.493 e. The van der Waals surface area contributed by atoms with Crippen LogP contribution < -0.4 is 14.2 Å². The summed E-state index contributed by atoms with van der Waals surface area (Å²) >= 11 is 19.0. The Bertz CT molecular complexity index is 997. The average Bonchev–Trinajstić information content (AvgIpc) is 2.99. The number of thioether (sulfide) groups is 1. The minimum Gasteiger partial charge on any atom is -0.493 e. The maximum absolute atomic E-state index is 12.5. The van der Waals surface area contributed by atoms with Gasteiger partial charge in [0.1, 0.15) is 23.3 Å². The van der Waals surface area contributed by atoms with Crippen LogP contribution in [0.25, 0.3) is 6.08 Å². The zero-order valence-corrected chi connectivity index (χ0v) is 19.5. The minimum absolute atomic E-state index is 0.144. The number of methoxy groups -OCH3 is 1. The molecule has 1 fully saturated rings. The van der Waals surface area contributed by atoms with Gasteiger partial charge in [-0.3, -0.25) is 9.69 Å². The fraction of sp³-hybridized carbons (Fsp3) is 0.238. The van der Waals surface area contributed by atoms with Crippen LogP contribution in [-0.4, -0.2) is 42.0 Å². The highest BCUT2D eigenvalue weighted by atomic mass is 35.5. The number of benzene rings is 2. The molecule has 0 radical (unpaired) electrons. The number of thiocarbonyl (C=S) groups is 1. The zero-order valence-electron chi connectivity index (χ0n) is 16.3. The van der Waals surface area contributed by atoms with Crippen LogP contribution >= 0.6 is 47.2 Å². The first-order valence-corrected chi connectivity index (χ1v) is 11.1. The predicted molar refractivity (Wildman–Crippen MR) is 126 cm³/mol. The quantitative estimate of drug-likeness (QED) is 0.273. The van der Waals surface area contributed by atoms with E-state index in [1.807, 2.05) is 31.2 Å². The van der Waals surface area contributed by atoms with E-state index in [2.05, 4.69) is 0 Å². The van der Waals surface area contributed by atoms with E-state index in [0.717, 1.165) is 0 Å². The normalized spacial score (nSPS) is 15.1. The Balaban J connectivity index is 1.75. The van der Waals surface area contributed by atoms with E-state index in [0.29, 0.717) is 48.6 Å². The van der Waals surface area contributed by atoms with Gasteiger partial charge >= 0.3 is 0 Å². The Labute approximate surface area is 194 Å². The number of para-hydroxylation sites is 2. The molecule has 1 aliphatic heterocycles. The van der Waals surface area contributed by atoms with Gasteiger partial charge in [0.25, 0.3) is 5.91 Å². The summed E-state index contributed by atoms with van der Waals surface area (Å²) in [5, 5.41) is 0.784. The number of halogens is 2. The Kier molecular flexibility index (Phi) is 7.88. The van der Waals surface area contributed by atoms with Gasteiger partial charge < -0.3 is 14.2 Å². The van der Waals surface area contributed by atoms with Gasteiger partial charge in [0, 0.05) is 17.1 Å². The number of amides is 1. The Morgan fingerprint density at radius 1 is 1.13 bits per heavy atom. The number of hydrogen-bond donors (Lipinski definition) is 0. The molecule has 9 heteroatoms. The molecule has 3 rings (SSSR count). The van der Waals surface area contributed by atoms with Gasteiger partial charge in [0.2, 0.25) is 0 Å². The van der Waals surface area contributed by atoms with Crippen molar-refractivity contribution in [3.8, 4) is 17.2 Å². The van der Waals surface area contributed by atoms with E-state index in [-0.39, 0.29) is 19.1 Å². The summed E-state index contributed by atoms with van der Waals surface area (Å²) in [5.41, 5.74) is 0.599. The Morgan fingerprint density at radius 2 is 1.83 bits per heavy atom. The third-order valence-electron chi connectivity index (χ3n) is 4.17. The maximum Gasteiger partial charge on any atom is 0.266 e. The second-order valence-electron chi connectivity index (χ2n) is 6.08. The standard InChI is InChI=1S/C21H19Cl2NO4S2/c1-3-24-20(25)18(30-21(24)29)11-13-10-14(22)12-15(23)19(13)28-9-8-27-17-7-5-4-6-16(17)26-2/h4-7,10-12H,3,8-9H2,1-2H3. The molecule has 0 aliphatic carbocycles. The summed E-state index contributed by atoms with van der Waals surface area (Å²) in [5.74, 6) is 1.54. The second-order valence-corrected chi connectivity index (χ2v) is 8.60. The van der Waals surface area contributed by atoms with E-state index < -0.39 is 0 Å². The molecule has 158 valence electrons. The van der Waals surface area contributed by atoms with Crippen LogP contribution in [0.5, 0.6) is 17.2 Å². The lowest BCUT2D eigenvalue weighted by molar-refractivity contribution is -0.121. The maximum atomic E-state index is 12.5. The molecule has 0 bridgehead atoms. The fourth-order valence-corrected chi connectivity index (χ4v) is 4.73. The van der Waals surface area contributed by atoms with Gasteiger partial charge in [-0.05, 0) is 37.3 Å². The first-order chi connectivity index (χ1) is 14.4. The van der Waals surface area contributed by atoms with E-state index in [1.165, 1.54) is 11.8 Å². The number of carbonyl (C=O) groups is 1. The van der Waals surface area contributed by atoms with Gasteiger partial charge in [-0.15, -0.1) is 0 Å². The predicted octanol–water partition coefficient (Wildman–Crippen LogP) is 5.68. The van der Waals surface area contributed by atoms with Crippen molar-refractivity contribution in [3.63, 3.8) is 0 Å². The molecule has 1 aliphatic rings. The zero-order chi connectivity index (χ0) is 21.7. The highest BCUT2D eigenvalue weighted by molar-refractivity contribution is 8.26. The summed E-state index contributed by atoms with van der Waals surface area (Å²) in [6.45, 7) is 2.90. The van der Waals surface area contributed by atoms with Crippen molar-refractivity contribution in [1.29, 1.82) is 0 Å². The number of rotatable bonds is 8. The number of carbonyl (C=O) groups excluding carboxylic acids is 1. The smallest absolute Gasteiger partial charge is 0.266 e. The molecule has 0 N–H and O–H groups in total. The monoisotopic (exact) mass is 483 g/mol. The third kappa shape index (κ3) is 5.21. The number of nitrogens with zero attached hydrogens (tertiary/aromatic N) is 1. The minimum atomic E-state index is -0.144. The molecule has 2 aromatic carbocycles. The van der Waals surface area contributed by atoms with Gasteiger partial charge in [-0.2, -0.15) is 0 Å². The molecule has 0 aromatic heterocycles. The highest BCUT2D eigenvalue weighted by Crippen LogP contribution is 2.38. The van der Waals surface area contributed by atoms with Crippen molar-refractivity contribution < 1.29 is 19.0 Å². The van der Waals surface area contributed by atoms with Crippen LogP contribution in [0.15, 0.2) is 41.3 Å². The molecular formula is C21H19Cl2NO4S2. The van der Waals surface area contributed by atoms with Crippen LogP contribution in [-0.2, 0) is 4.79 Å². The summed E-state index contributed by atoms with van der Waals surface area (Å²) in [6, 6.07) is 10.6. The third-order valence-corrected chi connectivity index (χ3v) is 6.05. The lowest BCUT2D eigenvalue weighted by atomic mass is 10.1. The van der Waals surface area contributed by atoms with E-state index >= 15 is 0 Å². The number of hydrogen-bond acceptors (Lipinski definition) is 6. The van der Waals surface area contributed by atoms with Gasteiger partial charge in [0.05, 0.1) is 17.0 Å². The topological polar surface area (TPSA) is 48.0 Å². The van der Waals surface area contributed by atoms with Crippen LogP contribution in [0.1, 0.15) is 12.5 Å². The van der Waals surface area contributed by atoms with Gasteiger partial charge in [0.15, 0.2) is 11.5 Å². The fourth-order valence-electron chi connectivity index (χ4n) is 2.79. The van der Waals surface area contributed by atoms with Crippen LogP contribution in [0.2, 0.25) is 10.0 Å². The van der Waals surface area contributed by atoms with Crippen LogP contribution in [0.4, 0.5) is 0 Å². The highest BCUT2D eigenvalue weighted by Gasteiger charge is 2.31. The summed E-state index contributed by atoms with van der Waals surface area (Å²) in [7, 11) is 1.58. The van der Waals surface area contributed by atoms with Crippen molar-refractivity contribution >= 4 is 63.5 Å². The molecule has 0 unspecified atom stereocenters. The lowest BCUT2D eigenvalue weighted by Crippen LogP contribution is -2.27. The second kappa shape index (κ2) is 10.4. The van der Waals surface area contributed by atoms with Crippen LogP contribution in [0, 0.1) is 0 Å². The molecule has 0 spiro atoms. The van der Waals surface area contributed by atoms with Crippen molar-refractivity contribution in [1.82, 2.24) is 4.90 Å². The molecule has 1 saturated heterocycles. The lowest BCUT2D eigenvalue weighted by Gasteiger charge is -2.14. The van der Waals surface area contributed by atoms with Crippen molar-refractivity contribution in [2.75, 3.05) is 26.9 Å². The van der Waals surface area contributed by atoms with Crippen molar-refractivity contribution in [2.24, 2.45) is 0 Å². The SMILES string of the molecule is CCN1C(=O)C(=Cc2cc(Cl)cc(Cl)c2OCCOc2ccccc2OC)SC1=S. The first kappa shape index (κ1) is 22.7. The molecule has 2 aromatic rings. The van der Waals surface area contributed by atoms with E-state index in [1.54, 1.807) is 30.2 Å². The molecule has 30 heavy (non-hydrogen) atoms. The Hall–Kier alpha value is -1.93. The van der Waals surface area contributed by atoms with Gasteiger partial charge in [-0.25, -0.2) is 0 Å². The van der Waals surface area contributed by atoms with Crippen LogP contribution in [0.3, 0.4) is 0 Å². The van der Waals surface area contributed by atoms with Crippen molar-refractivity contribution in [2.45, 2.75) is 6.92 Å².